The van der Waals surface area contributed by atoms with Crippen molar-refractivity contribution in [2.45, 2.75) is 12.5 Å². The average molecular weight is 227 g/mol. The van der Waals surface area contributed by atoms with Gasteiger partial charge in [0.15, 0.2) is 0 Å². The summed E-state index contributed by atoms with van der Waals surface area (Å²) >= 11 is -0.401. The first-order valence-electron chi connectivity index (χ1n) is 2.98. The van der Waals surface area contributed by atoms with Gasteiger partial charge in [-0.15, -0.1) is 0 Å². The van der Waals surface area contributed by atoms with Crippen molar-refractivity contribution in [3.05, 3.63) is 0 Å². The molecule has 0 aromatic heterocycles. The van der Waals surface area contributed by atoms with Gasteiger partial charge in [-0.2, -0.15) is 0 Å². The molecular formula is C6H14IN. The van der Waals surface area contributed by atoms with E-state index in [1.165, 1.54) is 17.4 Å². The summed E-state index contributed by atoms with van der Waals surface area (Å²) in [5, 5.41) is 3.42. The molecular weight excluding hydrogens is 213 g/mol. The van der Waals surface area contributed by atoms with E-state index in [1.54, 1.807) is 0 Å². The zero-order valence-corrected chi connectivity index (χ0v) is 7.73. The summed E-state index contributed by atoms with van der Waals surface area (Å²) in [5.74, 6) is 0. The molecule has 0 aromatic carbocycles. The Balaban J connectivity index is 2.01. The van der Waals surface area contributed by atoms with Crippen LogP contribution in [-0.4, -0.2) is 26.9 Å². The maximum atomic E-state index is 3.42. The molecule has 0 bridgehead atoms. The second-order valence-corrected chi connectivity index (χ2v) is 8.60. The second kappa shape index (κ2) is 3.01. The normalized spacial score (nSPS) is 29.2. The Labute approximate surface area is 58.6 Å². The van der Waals surface area contributed by atoms with Gasteiger partial charge in [0.1, 0.15) is 0 Å². The number of halogens is 1. The fourth-order valence-electron chi connectivity index (χ4n) is 0.853. The van der Waals surface area contributed by atoms with E-state index in [1.807, 2.05) is 0 Å². The minimum absolute atomic E-state index is 0.401. The molecule has 1 aliphatic heterocycles. The Bertz CT molecular complexity index is 68.9. The number of hydrogen-bond acceptors (Lipinski definition) is 1. The fourth-order valence-corrected chi connectivity index (χ4v) is 3.73. The third kappa shape index (κ3) is 1.90. The van der Waals surface area contributed by atoms with Crippen LogP contribution < -0.4 is 5.32 Å². The van der Waals surface area contributed by atoms with Crippen molar-refractivity contribution in [1.29, 1.82) is 0 Å². The molecule has 1 saturated heterocycles. The summed E-state index contributed by atoms with van der Waals surface area (Å²) in [7, 11) is 0. The third-order valence-corrected chi connectivity index (χ3v) is 4.25. The zero-order chi connectivity index (χ0) is 5.98. The SMILES string of the molecule is CI(C)CC1CCN1. The van der Waals surface area contributed by atoms with Crippen molar-refractivity contribution in [3.8, 4) is 0 Å². The molecule has 1 aliphatic rings. The molecule has 50 valence electrons. The molecule has 0 amide bonds. The minimum atomic E-state index is -0.401. The fraction of sp³-hybridized carbons (Fsp3) is 1.00. The van der Waals surface area contributed by atoms with E-state index in [9.17, 15) is 0 Å². The van der Waals surface area contributed by atoms with Gasteiger partial charge in [-0.05, 0) is 0 Å². The molecule has 1 atom stereocenters. The van der Waals surface area contributed by atoms with Crippen LogP contribution in [0, 0.1) is 0 Å². The predicted molar refractivity (Wildman–Crippen MR) is 47.1 cm³/mol. The summed E-state index contributed by atoms with van der Waals surface area (Å²) in [6.07, 6.45) is 1.44. The molecule has 0 aromatic rings. The van der Waals surface area contributed by atoms with Crippen LogP contribution in [0.4, 0.5) is 0 Å². The van der Waals surface area contributed by atoms with Crippen LogP contribution in [0.5, 0.6) is 0 Å². The second-order valence-electron chi connectivity index (χ2n) is 2.51. The van der Waals surface area contributed by atoms with Crippen LogP contribution in [0.1, 0.15) is 6.42 Å². The first-order chi connectivity index (χ1) is 3.79. The Morgan fingerprint density at radius 3 is 2.38 bits per heavy atom. The quantitative estimate of drug-likeness (QED) is 0.550. The van der Waals surface area contributed by atoms with Crippen molar-refractivity contribution in [3.63, 3.8) is 0 Å². The summed E-state index contributed by atoms with van der Waals surface area (Å²) in [6.45, 7) is 1.27. The van der Waals surface area contributed by atoms with Gasteiger partial charge in [-0.1, -0.05) is 0 Å². The van der Waals surface area contributed by atoms with E-state index in [4.69, 9.17) is 0 Å². The van der Waals surface area contributed by atoms with Crippen LogP contribution in [0.2, 0.25) is 0 Å². The number of hydrogen-bond donors (Lipinski definition) is 1. The molecule has 0 saturated carbocycles. The summed E-state index contributed by atoms with van der Waals surface area (Å²) < 4.78 is 1.52. The van der Waals surface area contributed by atoms with Gasteiger partial charge >= 0.3 is 58.4 Å². The molecule has 0 radical (unpaired) electrons. The summed E-state index contributed by atoms with van der Waals surface area (Å²) in [5.41, 5.74) is 0. The van der Waals surface area contributed by atoms with E-state index in [-0.39, 0.29) is 0 Å². The van der Waals surface area contributed by atoms with Gasteiger partial charge in [-0.25, -0.2) is 0 Å². The van der Waals surface area contributed by atoms with E-state index in [2.05, 4.69) is 15.2 Å². The van der Waals surface area contributed by atoms with Crippen molar-refractivity contribution < 1.29 is 0 Å². The first kappa shape index (κ1) is 6.81. The van der Waals surface area contributed by atoms with Gasteiger partial charge in [-0.3, -0.25) is 0 Å². The molecule has 8 heavy (non-hydrogen) atoms. The van der Waals surface area contributed by atoms with E-state index >= 15 is 0 Å². The van der Waals surface area contributed by atoms with Gasteiger partial charge in [0.2, 0.25) is 0 Å². The number of nitrogens with one attached hydrogen (secondary N) is 1. The van der Waals surface area contributed by atoms with Crippen LogP contribution in [0.15, 0.2) is 0 Å². The van der Waals surface area contributed by atoms with E-state index in [0.29, 0.717) is 0 Å². The molecule has 1 N–H and O–H groups in total. The molecule has 1 heterocycles. The Kier molecular flexibility index (Phi) is 2.56. The summed E-state index contributed by atoms with van der Waals surface area (Å²) in [4.78, 5) is 4.87. The van der Waals surface area contributed by atoms with Crippen molar-refractivity contribution in [1.82, 2.24) is 5.32 Å². The average Bonchev–Trinajstić information content (AvgIpc) is 1.55. The standard InChI is InChI=1S/C6H14IN/c1-7(2)5-6-3-4-8-6/h6,8H,3-5H2,1-2H3. The Hall–Kier alpha value is 0.690. The van der Waals surface area contributed by atoms with Crippen LogP contribution in [0.3, 0.4) is 0 Å². The maximum absolute atomic E-state index is 3.42. The topological polar surface area (TPSA) is 12.0 Å². The van der Waals surface area contributed by atoms with Gasteiger partial charge in [0, 0.05) is 0 Å². The first-order valence-corrected chi connectivity index (χ1v) is 8.82. The molecule has 1 rings (SSSR count). The van der Waals surface area contributed by atoms with Gasteiger partial charge in [0.25, 0.3) is 0 Å². The van der Waals surface area contributed by atoms with Crippen LogP contribution in [-0.2, 0) is 0 Å². The van der Waals surface area contributed by atoms with Crippen LogP contribution in [0.25, 0.3) is 0 Å². The predicted octanol–water partition coefficient (Wildman–Crippen LogP) is 1.11. The Morgan fingerprint density at radius 1 is 1.62 bits per heavy atom. The Morgan fingerprint density at radius 2 is 2.25 bits per heavy atom. The van der Waals surface area contributed by atoms with E-state index in [0.717, 1.165) is 6.04 Å². The molecule has 1 fully saturated rings. The van der Waals surface area contributed by atoms with Crippen LogP contribution >= 0.6 is 19.8 Å². The molecule has 0 aliphatic carbocycles. The third-order valence-electron chi connectivity index (χ3n) is 1.42. The number of alkyl halides is 3. The molecule has 1 nitrogen and oxygen atoms in total. The van der Waals surface area contributed by atoms with Crippen molar-refractivity contribution in [2.24, 2.45) is 0 Å². The van der Waals surface area contributed by atoms with E-state index < -0.39 is 19.8 Å². The zero-order valence-electron chi connectivity index (χ0n) is 5.58. The van der Waals surface area contributed by atoms with Gasteiger partial charge < -0.3 is 0 Å². The molecule has 1 unspecified atom stereocenters. The summed E-state index contributed by atoms with van der Waals surface area (Å²) in [6, 6.07) is 0.926. The molecule has 2 heteroatoms. The van der Waals surface area contributed by atoms with Crippen molar-refractivity contribution in [2.75, 3.05) is 20.8 Å². The van der Waals surface area contributed by atoms with Gasteiger partial charge in [0.05, 0.1) is 0 Å². The van der Waals surface area contributed by atoms with Crippen molar-refractivity contribution >= 4 is 19.8 Å². The monoisotopic (exact) mass is 227 g/mol. The number of rotatable bonds is 2. The molecule has 0 spiro atoms.